The van der Waals surface area contributed by atoms with Crippen molar-refractivity contribution in [3.63, 3.8) is 0 Å². The van der Waals surface area contributed by atoms with E-state index in [9.17, 15) is 0 Å². The van der Waals surface area contributed by atoms with Gasteiger partial charge in [0, 0.05) is 12.7 Å². The first-order valence-electron chi connectivity index (χ1n) is 7.34. The first-order chi connectivity index (χ1) is 10.2. The van der Waals surface area contributed by atoms with Crippen LogP contribution in [0.25, 0.3) is 0 Å². The lowest BCUT2D eigenvalue weighted by Gasteiger charge is -2.10. The first kappa shape index (κ1) is 14.5. The Morgan fingerprint density at radius 2 is 2.29 bits per heavy atom. The Labute approximate surface area is 128 Å². The van der Waals surface area contributed by atoms with Crippen LogP contribution in [0.1, 0.15) is 38.3 Å². The van der Waals surface area contributed by atoms with Crippen LogP contribution in [0.15, 0.2) is 28.5 Å². The molecule has 0 atom stereocenters. The molecule has 0 spiro atoms. The molecule has 2 aromatic rings. The Hall–Kier alpha value is -1.47. The molecule has 1 fully saturated rings. The highest BCUT2D eigenvalue weighted by molar-refractivity contribution is 7.99. The Bertz CT molecular complexity index is 593. The highest BCUT2D eigenvalue weighted by Crippen LogP contribution is 2.38. The van der Waals surface area contributed by atoms with Crippen LogP contribution in [0.3, 0.4) is 0 Å². The molecule has 0 radical (unpaired) electrons. The third-order valence-electron chi connectivity index (χ3n) is 3.26. The van der Waals surface area contributed by atoms with Crippen molar-refractivity contribution in [2.75, 3.05) is 6.54 Å². The van der Waals surface area contributed by atoms with Crippen LogP contribution in [-0.4, -0.2) is 31.7 Å². The lowest BCUT2D eigenvalue weighted by atomic mass is 10.2. The zero-order valence-electron chi connectivity index (χ0n) is 12.4. The van der Waals surface area contributed by atoms with E-state index in [0.717, 1.165) is 23.3 Å². The van der Waals surface area contributed by atoms with Crippen molar-refractivity contribution >= 4 is 11.8 Å². The Morgan fingerprint density at radius 1 is 1.43 bits per heavy atom. The van der Waals surface area contributed by atoms with Gasteiger partial charge in [-0.25, -0.2) is 9.67 Å². The van der Waals surface area contributed by atoms with Crippen molar-refractivity contribution in [1.82, 2.24) is 30.5 Å². The molecular formula is C14H20N6S. The van der Waals surface area contributed by atoms with Gasteiger partial charge in [0.2, 0.25) is 5.16 Å². The number of pyridine rings is 1. The van der Waals surface area contributed by atoms with Crippen LogP contribution in [-0.2, 0) is 6.54 Å². The van der Waals surface area contributed by atoms with Crippen LogP contribution >= 0.6 is 11.8 Å². The second-order valence-electron chi connectivity index (χ2n) is 5.73. The van der Waals surface area contributed by atoms with Crippen LogP contribution < -0.4 is 5.32 Å². The summed E-state index contributed by atoms with van der Waals surface area (Å²) < 4.78 is 1.92. The fourth-order valence-corrected chi connectivity index (χ4v) is 2.95. The van der Waals surface area contributed by atoms with E-state index in [2.05, 4.69) is 45.7 Å². The number of aromatic nitrogens is 5. The van der Waals surface area contributed by atoms with Gasteiger partial charge in [-0.3, -0.25) is 0 Å². The van der Waals surface area contributed by atoms with Crippen LogP contribution in [0.4, 0.5) is 0 Å². The van der Waals surface area contributed by atoms with Gasteiger partial charge in [-0.05, 0) is 59.1 Å². The number of hydrogen-bond acceptors (Lipinski definition) is 6. The second-order valence-corrected chi connectivity index (χ2v) is 6.69. The van der Waals surface area contributed by atoms with E-state index in [1.807, 2.05) is 16.9 Å². The van der Waals surface area contributed by atoms with Gasteiger partial charge in [0.1, 0.15) is 5.03 Å². The van der Waals surface area contributed by atoms with E-state index in [1.165, 1.54) is 18.4 Å². The number of hydrogen-bond donors (Lipinski definition) is 1. The van der Waals surface area contributed by atoms with Gasteiger partial charge in [0.25, 0.3) is 0 Å². The molecular weight excluding hydrogens is 284 g/mol. The molecule has 112 valence electrons. The molecule has 3 rings (SSSR count). The summed E-state index contributed by atoms with van der Waals surface area (Å²) in [4.78, 5) is 4.49. The summed E-state index contributed by atoms with van der Waals surface area (Å²) in [7, 11) is 0. The van der Waals surface area contributed by atoms with E-state index >= 15 is 0 Å². The third kappa shape index (κ3) is 3.79. The second kappa shape index (κ2) is 6.53. The maximum atomic E-state index is 4.49. The third-order valence-corrected chi connectivity index (χ3v) is 4.27. The molecule has 0 saturated heterocycles. The van der Waals surface area contributed by atoms with E-state index in [-0.39, 0.29) is 0 Å². The predicted octanol–water partition coefficient (Wildman–Crippen LogP) is 2.30. The van der Waals surface area contributed by atoms with Gasteiger partial charge < -0.3 is 5.32 Å². The largest absolute Gasteiger partial charge is 0.312 e. The van der Waals surface area contributed by atoms with E-state index < -0.39 is 0 Å². The summed E-state index contributed by atoms with van der Waals surface area (Å²) in [5, 5.41) is 17.3. The standard InChI is InChI=1S/C14H20N6S/c1-10(2)8-15-9-11-4-3-7-16-13(11)21-14-17-18-19-20(14)12-5-6-12/h3-4,7,10,12,15H,5-6,8-9H2,1-2H3. The average molecular weight is 304 g/mol. The van der Waals surface area contributed by atoms with Crippen LogP contribution in [0.5, 0.6) is 0 Å². The van der Waals surface area contributed by atoms with E-state index in [1.54, 1.807) is 11.8 Å². The summed E-state index contributed by atoms with van der Waals surface area (Å²) in [6, 6.07) is 4.56. The molecule has 7 heteroatoms. The van der Waals surface area contributed by atoms with Gasteiger partial charge in [-0.15, -0.1) is 5.10 Å². The lowest BCUT2D eigenvalue weighted by Crippen LogP contribution is -2.19. The summed E-state index contributed by atoms with van der Waals surface area (Å²) in [6.45, 7) is 6.23. The summed E-state index contributed by atoms with van der Waals surface area (Å²) in [5.74, 6) is 0.639. The molecule has 6 nitrogen and oxygen atoms in total. The number of nitrogens with one attached hydrogen (secondary N) is 1. The SMILES string of the molecule is CC(C)CNCc1cccnc1Sc1nnnn1C1CC1. The summed E-state index contributed by atoms with van der Waals surface area (Å²) >= 11 is 1.55. The molecule has 1 aliphatic carbocycles. The Balaban J connectivity index is 1.71. The minimum atomic E-state index is 0.480. The van der Waals surface area contributed by atoms with Gasteiger partial charge in [0.15, 0.2) is 0 Å². The summed E-state index contributed by atoms with van der Waals surface area (Å²) in [6.07, 6.45) is 4.16. The quantitative estimate of drug-likeness (QED) is 0.846. The zero-order chi connectivity index (χ0) is 14.7. The van der Waals surface area contributed by atoms with Crippen molar-refractivity contribution in [3.05, 3.63) is 23.9 Å². The average Bonchev–Trinajstić information content (AvgIpc) is 3.21. The minimum Gasteiger partial charge on any atom is -0.312 e. The van der Waals surface area contributed by atoms with Gasteiger partial charge in [-0.1, -0.05) is 19.9 Å². The fourth-order valence-electron chi connectivity index (χ4n) is 2.03. The highest BCUT2D eigenvalue weighted by Gasteiger charge is 2.28. The number of nitrogens with zero attached hydrogens (tertiary/aromatic N) is 5. The topological polar surface area (TPSA) is 68.5 Å². The van der Waals surface area contributed by atoms with Crippen molar-refractivity contribution in [2.24, 2.45) is 5.92 Å². The fraction of sp³-hybridized carbons (Fsp3) is 0.571. The molecule has 0 unspecified atom stereocenters. The zero-order valence-corrected chi connectivity index (χ0v) is 13.2. The van der Waals surface area contributed by atoms with Crippen molar-refractivity contribution in [3.8, 4) is 0 Å². The lowest BCUT2D eigenvalue weighted by molar-refractivity contribution is 0.548. The molecule has 0 amide bonds. The maximum Gasteiger partial charge on any atom is 0.215 e. The van der Waals surface area contributed by atoms with Crippen molar-refractivity contribution < 1.29 is 0 Å². The van der Waals surface area contributed by atoms with Crippen molar-refractivity contribution in [1.29, 1.82) is 0 Å². The molecule has 1 saturated carbocycles. The van der Waals surface area contributed by atoms with Crippen LogP contribution in [0.2, 0.25) is 0 Å². The monoisotopic (exact) mass is 304 g/mol. The van der Waals surface area contributed by atoms with Crippen molar-refractivity contribution in [2.45, 2.75) is 49.5 Å². The first-order valence-corrected chi connectivity index (χ1v) is 8.16. The molecule has 0 aromatic carbocycles. The highest BCUT2D eigenvalue weighted by atomic mass is 32.2. The molecule has 0 aliphatic heterocycles. The molecule has 2 heterocycles. The normalized spacial score (nSPS) is 14.8. The smallest absolute Gasteiger partial charge is 0.215 e. The Kier molecular flexibility index (Phi) is 4.50. The number of rotatable bonds is 7. The maximum absolute atomic E-state index is 4.49. The molecule has 1 N–H and O–H groups in total. The molecule has 1 aliphatic rings. The molecule has 0 bridgehead atoms. The molecule has 21 heavy (non-hydrogen) atoms. The van der Waals surface area contributed by atoms with Gasteiger partial charge in [-0.2, -0.15) is 0 Å². The van der Waals surface area contributed by atoms with Gasteiger partial charge >= 0.3 is 0 Å². The van der Waals surface area contributed by atoms with Crippen LogP contribution in [0, 0.1) is 5.92 Å². The molecule has 2 aromatic heterocycles. The summed E-state index contributed by atoms with van der Waals surface area (Å²) in [5.41, 5.74) is 1.19. The van der Waals surface area contributed by atoms with Gasteiger partial charge in [0.05, 0.1) is 6.04 Å². The predicted molar refractivity (Wildman–Crippen MR) is 81.0 cm³/mol. The van der Waals surface area contributed by atoms with E-state index in [0.29, 0.717) is 12.0 Å². The Morgan fingerprint density at radius 3 is 3.05 bits per heavy atom. The minimum absolute atomic E-state index is 0.480. The number of tetrazole rings is 1. The van der Waals surface area contributed by atoms with E-state index in [4.69, 9.17) is 0 Å².